The van der Waals surface area contributed by atoms with Gasteiger partial charge in [-0.2, -0.15) is 4.91 Å². The van der Waals surface area contributed by atoms with Gasteiger partial charge in [0.1, 0.15) is 6.04 Å². The predicted octanol–water partition coefficient (Wildman–Crippen LogP) is 3.55. The van der Waals surface area contributed by atoms with E-state index in [0.717, 1.165) is 41.8 Å². The smallest absolute Gasteiger partial charge is 0.103 e. The quantitative estimate of drug-likeness (QED) is 0.851. The Morgan fingerprint density at radius 3 is 2.89 bits per heavy atom. The highest BCUT2D eigenvalue weighted by atomic mass is 35.5. The molecule has 4 heteroatoms. The van der Waals surface area contributed by atoms with Gasteiger partial charge in [-0.1, -0.05) is 41.8 Å². The van der Waals surface area contributed by atoms with Gasteiger partial charge in [-0.05, 0) is 37.0 Å². The Kier molecular flexibility index (Phi) is 4.03. The van der Waals surface area contributed by atoms with E-state index >= 15 is 0 Å². The molecule has 0 aromatic heterocycles. The lowest BCUT2D eigenvalue weighted by Gasteiger charge is -2.40. The molecular weight excluding hydrogens is 248 g/mol. The van der Waals surface area contributed by atoms with Gasteiger partial charge in [0.05, 0.1) is 0 Å². The molecule has 3 nitrogen and oxygen atoms in total. The van der Waals surface area contributed by atoms with Gasteiger partial charge in [0.2, 0.25) is 0 Å². The average molecular weight is 267 g/mol. The van der Waals surface area contributed by atoms with E-state index in [0.29, 0.717) is 6.54 Å². The molecule has 1 saturated carbocycles. The van der Waals surface area contributed by atoms with Crippen molar-refractivity contribution in [2.75, 3.05) is 6.54 Å². The molecule has 1 aromatic carbocycles. The summed E-state index contributed by atoms with van der Waals surface area (Å²) in [5.74, 6) is 0. The first-order chi connectivity index (χ1) is 8.64. The van der Waals surface area contributed by atoms with Gasteiger partial charge < -0.3 is 5.73 Å². The van der Waals surface area contributed by atoms with E-state index in [1.165, 1.54) is 0 Å². The zero-order chi connectivity index (χ0) is 13.2. The molecule has 0 aliphatic heterocycles. The summed E-state index contributed by atoms with van der Waals surface area (Å²) in [6.45, 7) is 2.44. The number of nitrogens with zero attached hydrogens (tertiary/aromatic N) is 1. The van der Waals surface area contributed by atoms with Gasteiger partial charge >= 0.3 is 0 Å². The summed E-state index contributed by atoms with van der Waals surface area (Å²) in [6.07, 6.45) is 3.93. The number of halogens is 1. The van der Waals surface area contributed by atoms with Crippen molar-refractivity contribution in [3.63, 3.8) is 0 Å². The van der Waals surface area contributed by atoms with Gasteiger partial charge in [0.15, 0.2) is 0 Å². The Balaban J connectivity index is 2.46. The number of rotatable bonds is 3. The molecule has 0 bridgehead atoms. The summed E-state index contributed by atoms with van der Waals surface area (Å²) in [5.41, 5.74) is 7.83. The molecule has 2 atom stereocenters. The van der Waals surface area contributed by atoms with E-state index in [1.807, 2.05) is 19.1 Å². The molecule has 0 radical (unpaired) electrons. The third-order valence-corrected chi connectivity index (χ3v) is 4.64. The van der Waals surface area contributed by atoms with Crippen LogP contribution in [0.25, 0.3) is 0 Å². The van der Waals surface area contributed by atoms with E-state index in [1.54, 1.807) is 0 Å². The van der Waals surface area contributed by atoms with Crippen LogP contribution in [0.15, 0.2) is 23.4 Å². The van der Waals surface area contributed by atoms with E-state index in [4.69, 9.17) is 17.3 Å². The Hall–Kier alpha value is -0.930. The molecule has 1 unspecified atom stereocenters. The van der Waals surface area contributed by atoms with Crippen LogP contribution in [0.3, 0.4) is 0 Å². The highest BCUT2D eigenvalue weighted by Gasteiger charge is 2.42. The Bertz CT molecular complexity index is 449. The monoisotopic (exact) mass is 266 g/mol. The Labute approximate surface area is 113 Å². The first-order valence-electron chi connectivity index (χ1n) is 6.43. The summed E-state index contributed by atoms with van der Waals surface area (Å²) >= 11 is 6.06. The predicted molar refractivity (Wildman–Crippen MR) is 75.0 cm³/mol. The molecule has 1 fully saturated rings. The van der Waals surface area contributed by atoms with Crippen LogP contribution in [0.1, 0.15) is 36.8 Å². The van der Waals surface area contributed by atoms with Crippen molar-refractivity contribution in [2.45, 2.75) is 44.1 Å². The fourth-order valence-corrected chi connectivity index (χ4v) is 3.14. The molecule has 1 aromatic rings. The van der Waals surface area contributed by atoms with Crippen LogP contribution in [0, 0.1) is 11.8 Å². The fourth-order valence-electron chi connectivity index (χ4n) is 3.02. The number of hydrogen-bond acceptors (Lipinski definition) is 3. The zero-order valence-electron chi connectivity index (χ0n) is 10.7. The minimum atomic E-state index is -0.296. The number of aryl methyl sites for hydroxylation is 1. The molecule has 18 heavy (non-hydrogen) atoms. The van der Waals surface area contributed by atoms with E-state index < -0.39 is 0 Å². The van der Waals surface area contributed by atoms with Crippen LogP contribution in [-0.4, -0.2) is 12.6 Å². The summed E-state index contributed by atoms with van der Waals surface area (Å²) in [4.78, 5) is 11.1. The van der Waals surface area contributed by atoms with Crippen molar-refractivity contribution in [1.29, 1.82) is 0 Å². The van der Waals surface area contributed by atoms with Crippen LogP contribution >= 0.6 is 11.6 Å². The largest absolute Gasteiger partial charge is 0.330 e. The third kappa shape index (κ3) is 2.17. The molecule has 0 saturated heterocycles. The number of nitrogens with two attached hydrogens (primary N) is 1. The summed E-state index contributed by atoms with van der Waals surface area (Å²) in [6, 6.07) is 5.72. The van der Waals surface area contributed by atoms with Crippen molar-refractivity contribution in [2.24, 2.45) is 10.9 Å². The van der Waals surface area contributed by atoms with Gasteiger partial charge in [-0.15, -0.1) is 0 Å². The molecule has 1 aliphatic carbocycles. The maximum absolute atomic E-state index is 11.1. The number of hydrogen-bond donors (Lipinski definition) is 1. The number of nitroso groups, excluding NO2 is 1. The lowest BCUT2D eigenvalue weighted by molar-refractivity contribution is 0.256. The second-order valence-corrected chi connectivity index (χ2v) is 5.60. The summed E-state index contributed by atoms with van der Waals surface area (Å²) in [5, 5.41) is 4.08. The molecule has 0 amide bonds. The second kappa shape index (κ2) is 5.37. The van der Waals surface area contributed by atoms with E-state index in [2.05, 4.69) is 11.2 Å². The van der Waals surface area contributed by atoms with Gasteiger partial charge in [-0.3, -0.25) is 0 Å². The maximum atomic E-state index is 11.1. The maximum Gasteiger partial charge on any atom is 0.103 e. The average Bonchev–Trinajstić information content (AvgIpc) is 2.41. The van der Waals surface area contributed by atoms with Crippen LogP contribution in [0.5, 0.6) is 0 Å². The van der Waals surface area contributed by atoms with Crippen molar-refractivity contribution in [1.82, 2.24) is 0 Å². The van der Waals surface area contributed by atoms with Crippen molar-refractivity contribution in [3.05, 3.63) is 39.3 Å². The van der Waals surface area contributed by atoms with Crippen molar-refractivity contribution < 1.29 is 0 Å². The van der Waals surface area contributed by atoms with Gasteiger partial charge in [0.25, 0.3) is 0 Å². The lowest BCUT2D eigenvalue weighted by Crippen LogP contribution is -2.47. The van der Waals surface area contributed by atoms with Gasteiger partial charge in [-0.25, -0.2) is 0 Å². The van der Waals surface area contributed by atoms with E-state index in [-0.39, 0.29) is 11.5 Å². The van der Waals surface area contributed by atoms with Crippen LogP contribution in [0.4, 0.5) is 0 Å². The molecule has 1 aliphatic rings. The normalized spacial score (nSPS) is 28.1. The summed E-state index contributed by atoms with van der Waals surface area (Å²) < 4.78 is 0. The standard InChI is InChI=1S/C14H19ClN2O/c1-10-8-11(5-6-12(10)15)14(9-16)7-3-2-4-13(14)17-18/h5-6,8,13H,2-4,7,9,16H2,1H3/t13?,14-/m1/s1. The fraction of sp³-hybridized carbons (Fsp3) is 0.571. The molecule has 0 heterocycles. The highest BCUT2D eigenvalue weighted by molar-refractivity contribution is 6.31. The third-order valence-electron chi connectivity index (χ3n) is 4.21. The van der Waals surface area contributed by atoms with Gasteiger partial charge in [0, 0.05) is 17.0 Å². The highest BCUT2D eigenvalue weighted by Crippen LogP contribution is 2.41. The zero-order valence-corrected chi connectivity index (χ0v) is 11.4. The van der Waals surface area contributed by atoms with Crippen molar-refractivity contribution >= 4 is 11.6 Å². The Morgan fingerprint density at radius 2 is 2.28 bits per heavy atom. The molecule has 2 rings (SSSR count). The summed E-state index contributed by atoms with van der Waals surface area (Å²) in [7, 11) is 0. The van der Waals surface area contributed by atoms with E-state index in [9.17, 15) is 4.91 Å². The van der Waals surface area contributed by atoms with Crippen LogP contribution in [0.2, 0.25) is 5.02 Å². The first-order valence-corrected chi connectivity index (χ1v) is 6.81. The topological polar surface area (TPSA) is 55.4 Å². The molecule has 98 valence electrons. The minimum absolute atomic E-state index is 0.211. The Morgan fingerprint density at radius 1 is 1.50 bits per heavy atom. The van der Waals surface area contributed by atoms with Crippen molar-refractivity contribution in [3.8, 4) is 0 Å². The molecular formula is C14H19ClN2O. The second-order valence-electron chi connectivity index (χ2n) is 5.19. The molecule has 2 N–H and O–H groups in total. The van der Waals surface area contributed by atoms with Crippen LogP contribution in [-0.2, 0) is 5.41 Å². The first kappa shape index (κ1) is 13.5. The minimum Gasteiger partial charge on any atom is -0.330 e. The SMILES string of the molecule is Cc1cc([C@]2(CN)CCCCC2N=O)ccc1Cl. The molecule has 0 spiro atoms. The number of benzene rings is 1. The van der Waals surface area contributed by atoms with Crippen LogP contribution < -0.4 is 5.73 Å². The lowest BCUT2D eigenvalue weighted by atomic mass is 9.66.